The van der Waals surface area contributed by atoms with Crippen LogP contribution in [0.15, 0.2) is 12.5 Å². The number of ether oxygens (including phenoxy) is 1. The lowest BCUT2D eigenvalue weighted by atomic mass is 10.5. The van der Waals surface area contributed by atoms with Gasteiger partial charge in [-0.25, -0.2) is 4.98 Å². The van der Waals surface area contributed by atoms with E-state index in [0.717, 1.165) is 6.29 Å². The third-order valence-electron chi connectivity index (χ3n) is 1.55. The summed E-state index contributed by atoms with van der Waals surface area (Å²) in [5.41, 5.74) is 0.592. The summed E-state index contributed by atoms with van der Waals surface area (Å²) < 4.78 is 6.91. The Kier molecular flexibility index (Phi) is 3.47. The highest BCUT2D eigenvalue weighted by molar-refractivity contribution is 5.71. The predicted octanol–water partition coefficient (Wildman–Crippen LogP) is 0.732. The first-order valence-electron chi connectivity index (χ1n) is 3.91. The molecule has 1 aromatic heterocycles. The topological polar surface area (TPSA) is 44.1 Å². The molecule has 1 heterocycles. The Bertz CT molecular complexity index is 245. The highest BCUT2D eigenvalue weighted by Gasteiger charge is 1.98. The molecule has 0 fully saturated rings. The number of carbonyl (C=O) groups excluding carboxylic acids is 1. The largest absolute Gasteiger partial charge is 0.380 e. The van der Waals surface area contributed by atoms with Crippen molar-refractivity contribution in [2.45, 2.75) is 13.5 Å². The van der Waals surface area contributed by atoms with E-state index in [1.807, 2.05) is 6.92 Å². The van der Waals surface area contributed by atoms with E-state index >= 15 is 0 Å². The highest BCUT2D eigenvalue weighted by atomic mass is 16.5. The lowest BCUT2D eigenvalue weighted by molar-refractivity contribution is 0.110. The van der Waals surface area contributed by atoms with Crippen molar-refractivity contribution in [1.82, 2.24) is 9.55 Å². The number of aldehydes is 1. The summed E-state index contributed by atoms with van der Waals surface area (Å²) in [6, 6.07) is 0. The molecule has 0 atom stereocenters. The van der Waals surface area contributed by atoms with E-state index in [4.69, 9.17) is 4.74 Å². The fourth-order valence-corrected chi connectivity index (χ4v) is 0.923. The van der Waals surface area contributed by atoms with E-state index in [-0.39, 0.29) is 0 Å². The van der Waals surface area contributed by atoms with E-state index in [1.165, 1.54) is 0 Å². The van der Waals surface area contributed by atoms with Crippen molar-refractivity contribution in [2.75, 3.05) is 13.2 Å². The minimum Gasteiger partial charge on any atom is -0.380 e. The molecule has 0 aliphatic carbocycles. The predicted molar refractivity (Wildman–Crippen MR) is 44.1 cm³/mol. The summed E-state index contributed by atoms with van der Waals surface area (Å²) in [6.45, 7) is 3.94. The van der Waals surface area contributed by atoms with Gasteiger partial charge in [-0.3, -0.25) is 4.79 Å². The first kappa shape index (κ1) is 8.93. The number of imidazole rings is 1. The molecule has 0 saturated carbocycles. The number of carbonyl (C=O) groups is 1. The fourth-order valence-electron chi connectivity index (χ4n) is 0.923. The highest BCUT2D eigenvalue weighted by Crippen LogP contribution is 1.94. The molecular formula is C8H12N2O2. The molecule has 0 spiro atoms. The van der Waals surface area contributed by atoms with Gasteiger partial charge in [-0.15, -0.1) is 0 Å². The van der Waals surface area contributed by atoms with Crippen LogP contribution in [0.4, 0.5) is 0 Å². The molecule has 0 aromatic carbocycles. The Morgan fingerprint density at radius 2 is 2.58 bits per heavy atom. The van der Waals surface area contributed by atoms with E-state index in [0.29, 0.717) is 25.5 Å². The maximum Gasteiger partial charge on any atom is 0.168 e. The van der Waals surface area contributed by atoms with E-state index in [1.54, 1.807) is 17.1 Å². The average molecular weight is 168 g/mol. The molecule has 4 nitrogen and oxygen atoms in total. The monoisotopic (exact) mass is 168 g/mol. The lowest BCUT2D eigenvalue weighted by Crippen LogP contribution is -2.07. The molecule has 0 aliphatic heterocycles. The van der Waals surface area contributed by atoms with Gasteiger partial charge in [0, 0.05) is 13.2 Å². The third-order valence-corrected chi connectivity index (χ3v) is 1.55. The van der Waals surface area contributed by atoms with Crippen LogP contribution in [0.1, 0.15) is 17.4 Å². The second-order valence-electron chi connectivity index (χ2n) is 2.33. The molecule has 1 aromatic rings. The Hall–Kier alpha value is -1.16. The summed E-state index contributed by atoms with van der Waals surface area (Å²) in [4.78, 5) is 14.3. The zero-order chi connectivity index (χ0) is 8.81. The molecule has 0 N–H and O–H groups in total. The molecule has 0 unspecified atom stereocenters. The summed E-state index contributed by atoms with van der Waals surface area (Å²) >= 11 is 0. The van der Waals surface area contributed by atoms with Gasteiger partial charge in [0.25, 0.3) is 0 Å². The van der Waals surface area contributed by atoms with Crippen molar-refractivity contribution < 1.29 is 9.53 Å². The van der Waals surface area contributed by atoms with Crippen LogP contribution in [0, 0.1) is 0 Å². The molecule has 66 valence electrons. The minimum absolute atomic E-state index is 0.592. The summed E-state index contributed by atoms with van der Waals surface area (Å²) in [7, 11) is 0. The second-order valence-corrected chi connectivity index (χ2v) is 2.33. The summed E-state index contributed by atoms with van der Waals surface area (Å²) in [6.07, 6.45) is 3.96. The number of aromatic nitrogens is 2. The summed E-state index contributed by atoms with van der Waals surface area (Å²) in [5.74, 6) is 0. The Morgan fingerprint density at radius 1 is 1.75 bits per heavy atom. The molecule has 4 heteroatoms. The van der Waals surface area contributed by atoms with Crippen molar-refractivity contribution in [1.29, 1.82) is 0 Å². The van der Waals surface area contributed by atoms with Crippen LogP contribution in [0.5, 0.6) is 0 Å². The molecule has 0 saturated heterocycles. The third kappa shape index (κ3) is 2.17. The van der Waals surface area contributed by atoms with Crippen LogP contribution < -0.4 is 0 Å². The quantitative estimate of drug-likeness (QED) is 0.481. The average Bonchev–Trinajstić information content (AvgIpc) is 2.52. The smallest absolute Gasteiger partial charge is 0.168 e. The molecule has 1 rings (SSSR count). The van der Waals surface area contributed by atoms with Crippen LogP contribution >= 0.6 is 0 Å². The van der Waals surface area contributed by atoms with Crippen LogP contribution in [-0.2, 0) is 11.3 Å². The van der Waals surface area contributed by atoms with Gasteiger partial charge in [-0.1, -0.05) is 0 Å². The fraction of sp³-hybridized carbons (Fsp3) is 0.500. The van der Waals surface area contributed by atoms with Gasteiger partial charge in [-0.2, -0.15) is 0 Å². The maximum absolute atomic E-state index is 10.4. The number of hydrogen-bond acceptors (Lipinski definition) is 3. The first-order chi connectivity index (χ1) is 5.88. The van der Waals surface area contributed by atoms with Crippen molar-refractivity contribution >= 4 is 6.29 Å². The minimum atomic E-state index is 0.592. The van der Waals surface area contributed by atoms with Crippen molar-refractivity contribution in [2.24, 2.45) is 0 Å². The molecule has 12 heavy (non-hydrogen) atoms. The number of hydrogen-bond donors (Lipinski definition) is 0. The van der Waals surface area contributed by atoms with E-state index in [2.05, 4.69) is 4.98 Å². The lowest BCUT2D eigenvalue weighted by Gasteiger charge is -2.03. The van der Waals surface area contributed by atoms with Gasteiger partial charge in [0.15, 0.2) is 6.29 Å². The summed E-state index contributed by atoms with van der Waals surface area (Å²) in [5, 5.41) is 0. The van der Waals surface area contributed by atoms with Gasteiger partial charge in [0.05, 0.1) is 19.1 Å². The normalized spacial score (nSPS) is 10.1. The van der Waals surface area contributed by atoms with Crippen molar-refractivity contribution in [3.63, 3.8) is 0 Å². The van der Waals surface area contributed by atoms with E-state index < -0.39 is 0 Å². The van der Waals surface area contributed by atoms with Gasteiger partial charge in [0.1, 0.15) is 5.69 Å². The van der Waals surface area contributed by atoms with Crippen LogP contribution in [0.25, 0.3) is 0 Å². The second kappa shape index (κ2) is 4.66. The van der Waals surface area contributed by atoms with Crippen molar-refractivity contribution in [3.05, 3.63) is 18.2 Å². The number of nitrogens with zero attached hydrogens (tertiary/aromatic N) is 2. The SMILES string of the molecule is CCOCCn1cncc1C=O. The maximum atomic E-state index is 10.4. The first-order valence-corrected chi connectivity index (χ1v) is 3.91. The van der Waals surface area contributed by atoms with E-state index in [9.17, 15) is 4.79 Å². The zero-order valence-electron chi connectivity index (χ0n) is 7.06. The Morgan fingerprint density at radius 3 is 3.25 bits per heavy atom. The molecule has 0 radical (unpaired) electrons. The molecule has 0 aliphatic rings. The van der Waals surface area contributed by atoms with Crippen LogP contribution in [0.3, 0.4) is 0 Å². The van der Waals surface area contributed by atoms with Gasteiger partial charge in [0.2, 0.25) is 0 Å². The molecule has 0 bridgehead atoms. The Balaban J connectivity index is 2.45. The Labute approximate surface area is 71.2 Å². The standard InChI is InChI=1S/C8H12N2O2/c1-2-12-4-3-10-7-9-5-8(10)6-11/h5-7H,2-4H2,1H3. The van der Waals surface area contributed by atoms with Gasteiger partial charge >= 0.3 is 0 Å². The number of rotatable bonds is 5. The van der Waals surface area contributed by atoms with Crippen molar-refractivity contribution in [3.8, 4) is 0 Å². The molecule has 0 amide bonds. The molecular weight excluding hydrogens is 156 g/mol. The van der Waals surface area contributed by atoms with Gasteiger partial charge < -0.3 is 9.30 Å². The van der Waals surface area contributed by atoms with Crippen LogP contribution in [0.2, 0.25) is 0 Å². The zero-order valence-corrected chi connectivity index (χ0v) is 7.06. The van der Waals surface area contributed by atoms with Crippen LogP contribution in [-0.4, -0.2) is 29.1 Å². The van der Waals surface area contributed by atoms with Gasteiger partial charge in [-0.05, 0) is 6.92 Å².